The minimum atomic E-state index is -1.77. The van der Waals surface area contributed by atoms with E-state index in [4.69, 9.17) is 0 Å². The number of nitrogens with one attached hydrogen (secondary N) is 1. The topological polar surface area (TPSA) is 12.0 Å². The Morgan fingerprint density at radius 3 is 1.02 bits per heavy atom. The molecule has 0 aromatic heterocycles. The second-order valence-corrected chi connectivity index (χ2v) is 17.9. The molecule has 5 aromatic carbocycles. The van der Waals surface area contributed by atoms with Crippen LogP contribution in [-0.4, -0.2) is 8.24 Å². The lowest BCUT2D eigenvalue weighted by Crippen LogP contribution is -2.34. The zero-order valence-electron chi connectivity index (χ0n) is 25.4. The smallest absolute Gasteiger partial charge is 0.144 e. The van der Waals surface area contributed by atoms with E-state index in [2.05, 4.69) is 179 Å². The predicted molar refractivity (Wildman–Crippen MR) is 180 cm³/mol. The van der Waals surface area contributed by atoms with Crippen LogP contribution in [0.5, 0.6) is 0 Å². The summed E-state index contributed by atoms with van der Waals surface area (Å²) in [6, 6.07) is 49.1. The van der Waals surface area contributed by atoms with Crippen molar-refractivity contribution in [2.75, 3.05) is 4.98 Å². The lowest BCUT2D eigenvalue weighted by Gasteiger charge is -2.34. The van der Waals surface area contributed by atoms with E-state index >= 15 is 0 Å². The fourth-order valence-electron chi connectivity index (χ4n) is 5.78. The molecule has 1 nitrogen and oxygen atoms in total. The monoisotopic (exact) mass is 553 g/mol. The van der Waals surface area contributed by atoms with Gasteiger partial charge in [-0.25, -0.2) is 0 Å². The van der Waals surface area contributed by atoms with E-state index in [0.717, 1.165) is 0 Å². The Balaban J connectivity index is 1.91. The Kier molecular flexibility index (Phi) is 8.33. The fraction of sp³-hybridized carbons (Fsp3) is 0.231. The third-order valence-electron chi connectivity index (χ3n) is 7.72. The number of benzene rings is 5. The molecular weight excluding hydrogens is 511 g/mol. The van der Waals surface area contributed by atoms with Crippen LogP contribution >= 0.6 is 0 Å². The van der Waals surface area contributed by atoms with Gasteiger partial charge >= 0.3 is 0 Å². The first-order valence-electron chi connectivity index (χ1n) is 14.8. The summed E-state index contributed by atoms with van der Waals surface area (Å²) in [6.45, 7) is 14.2. The zero-order chi connectivity index (χ0) is 29.0. The SMILES string of the molecule is CC(C)(C)c1cc(C(c2ccccc2)c2ccccc2)c(N[Si](C)(C)C)c(C(c2ccccc2)c2ccccc2)c1. The summed E-state index contributed by atoms with van der Waals surface area (Å²) in [4.78, 5) is 4.18. The number of hydrogen-bond donors (Lipinski definition) is 1. The van der Waals surface area contributed by atoms with E-state index < -0.39 is 8.24 Å². The van der Waals surface area contributed by atoms with Gasteiger partial charge in [-0.2, -0.15) is 0 Å². The highest BCUT2D eigenvalue weighted by Crippen LogP contribution is 2.46. The van der Waals surface area contributed by atoms with Gasteiger partial charge in [-0.3, -0.25) is 0 Å². The zero-order valence-corrected chi connectivity index (χ0v) is 26.4. The van der Waals surface area contributed by atoms with Crippen LogP contribution in [0.1, 0.15) is 71.6 Å². The Labute approximate surface area is 248 Å². The minimum absolute atomic E-state index is 0.0168. The summed E-state index contributed by atoms with van der Waals surface area (Å²) in [6.07, 6.45) is 0. The first-order valence-corrected chi connectivity index (χ1v) is 18.3. The van der Waals surface area contributed by atoms with Crippen molar-refractivity contribution in [2.24, 2.45) is 0 Å². The minimum Gasteiger partial charge on any atom is -0.410 e. The quantitative estimate of drug-likeness (QED) is 0.149. The van der Waals surface area contributed by atoms with Gasteiger partial charge in [-0.05, 0) is 44.4 Å². The van der Waals surface area contributed by atoms with Gasteiger partial charge in [-0.15, -0.1) is 0 Å². The van der Waals surface area contributed by atoms with Crippen LogP contribution in [-0.2, 0) is 5.41 Å². The van der Waals surface area contributed by atoms with Crippen molar-refractivity contribution in [3.63, 3.8) is 0 Å². The number of anilines is 1. The maximum atomic E-state index is 4.18. The molecular formula is C39H43NSi. The summed E-state index contributed by atoms with van der Waals surface area (Å²) in [7, 11) is -1.77. The van der Waals surface area contributed by atoms with Crippen molar-refractivity contribution >= 4 is 13.9 Å². The van der Waals surface area contributed by atoms with Gasteiger partial charge in [0, 0.05) is 17.5 Å². The molecule has 0 aliphatic heterocycles. The van der Waals surface area contributed by atoms with E-state index in [1.165, 1.54) is 44.6 Å². The van der Waals surface area contributed by atoms with Crippen molar-refractivity contribution in [3.8, 4) is 0 Å². The Hall–Kier alpha value is -3.88. The molecule has 0 spiro atoms. The largest absolute Gasteiger partial charge is 0.410 e. The van der Waals surface area contributed by atoms with E-state index in [0.29, 0.717) is 0 Å². The molecule has 0 heterocycles. The molecule has 0 saturated heterocycles. The molecule has 0 radical (unpaired) electrons. The maximum Gasteiger partial charge on any atom is 0.144 e. The molecule has 0 atom stereocenters. The maximum absolute atomic E-state index is 4.18. The highest BCUT2D eigenvalue weighted by Gasteiger charge is 2.31. The Morgan fingerprint density at radius 2 is 0.780 bits per heavy atom. The van der Waals surface area contributed by atoms with E-state index in [9.17, 15) is 0 Å². The van der Waals surface area contributed by atoms with Gasteiger partial charge in [-0.1, -0.05) is 174 Å². The lowest BCUT2D eigenvalue weighted by atomic mass is 9.75. The second-order valence-electron chi connectivity index (χ2n) is 13.2. The third-order valence-corrected chi connectivity index (χ3v) is 8.72. The standard InChI is InChI=1S/C39H43NSi/c1-39(2,3)33-27-34(36(29-19-11-7-12-20-29)30-21-13-8-14-22-30)38(40-41(4,5)6)35(28-33)37(31-23-15-9-16-24-31)32-25-17-10-18-26-32/h7-28,36-37,40H,1-6H3. The van der Waals surface area contributed by atoms with Crippen molar-refractivity contribution < 1.29 is 0 Å². The van der Waals surface area contributed by atoms with Crippen molar-refractivity contribution in [1.29, 1.82) is 0 Å². The van der Waals surface area contributed by atoms with E-state index in [1.54, 1.807) is 0 Å². The molecule has 0 fully saturated rings. The van der Waals surface area contributed by atoms with E-state index in [1.807, 2.05) is 0 Å². The molecule has 208 valence electrons. The van der Waals surface area contributed by atoms with Crippen LogP contribution in [0.25, 0.3) is 0 Å². The predicted octanol–water partition coefficient (Wildman–Crippen LogP) is 10.6. The highest BCUT2D eigenvalue weighted by molar-refractivity contribution is 6.79. The van der Waals surface area contributed by atoms with Gasteiger partial charge < -0.3 is 4.98 Å². The van der Waals surface area contributed by atoms with Crippen LogP contribution in [0.4, 0.5) is 5.69 Å². The molecule has 0 amide bonds. The molecule has 1 N–H and O–H groups in total. The van der Waals surface area contributed by atoms with Crippen LogP contribution < -0.4 is 4.98 Å². The molecule has 5 aromatic rings. The molecule has 0 unspecified atom stereocenters. The van der Waals surface area contributed by atoms with Crippen LogP contribution in [0.15, 0.2) is 133 Å². The normalized spacial score (nSPS) is 12.1. The van der Waals surface area contributed by atoms with Crippen LogP contribution in [0.3, 0.4) is 0 Å². The molecule has 0 aliphatic carbocycles. The highest BCUT2D eigenvalue weighted by atomic mass is 28.3. The van der Waals surface area contributed by atoms with Gasteiger partial charge in [0.15, 0.2) is 0 Å². The molecule has 2 heteroatoms. The lowest BCUT2D eigenvalue weighted by molar-refractivity contribution is 0.588. The van der Waals surface area contributed by atoms with Gasteiger partial charge in [0.25, 0.3) is 0 Å². The number of rotatable bonds is 8. The van der Waals surface area contributed by atoms with Crippen molar-refractivity contribution in [1.82, 2.24) is 0 Å². The van der Waals surface area contributed by atoms with Gasteiger partial charge in [0.2, 0.25) is 0 Å². The molecule has 0 aliphatic rings. The molecule has 41 heavy (non-hydrogen) atoms. The van der Waals surface area contributed by atoms with Crippen molar-refractivity contribution in [3.05, 3.63) is 172 Å². The Morgan fingerprint density at radius 1 is 0.488 bits per heavy atom. The second kappa shape index (κ2) is 11.9. The third kappa shape index (κ3) is 6.72. The number of hydrogen-bond acceptors (Lipinski definition) is 1. The van der Waals surface area contributed by atoms with E-state index in [-0.39, 0.29) is 17.3 Å². The molecule has 0 bridgehead atoms. The summed E-state index contributed by atoms with van der Waals surface area (Å²) in [5, 5.41) is 0. The fourth-order valence-corrected chi connectivity index (χ4v) is 6.82. The average molecular weight is 554 g/mol. The summed E-state index contributed by atoms with van der Waals surface area (Å²) in [5.74, 6) is 0.203. The van der Waals surface area contributed by atoms with Crippen LogP contribution in [0, 0.1) is 0 Å². The van der Waals surface area contributed by atoms with Crippen LogP contribution in [0.2, 0.25) is 19.6 Å². The molecule has 0 saturated carbocycles. The Bertz CT molecular complexity index is 1360. The first-order chi connectivity index (χ1) is 19.6. The van der Waals surface area contributed by atoms with Gasteiger partial charge in [0.1, 0.15) is 8.24 Å². The first kappa shape index (κ1) is 28.6. The van der Waals surface area contributed by atoms with Gasteiger partial charge in [0.05, 0.1) is 0 Å². The summed E-state index contributed by atoms with van der Waals surface area (Å²) >= 11 is 0. The summed E-state index contributed by atoms with van der Waals surface area (Å²) in [5.41, 5.74) is 10.6. The average Bonchev–Trinajstić information content (AvgIpc) is 2.96. The molecule has 5 rings (SSSR count). The summed E-state index contributed by atoms with van der Waals surface area (Å²) < 4.78 is 0. The van der Waals surface area contributed by atoms with Crippen molar-refractivity contribution in [2.45, 2.75) is 57.7 Å².